The Kier molecular flexibility index (Phi) is 8.73. The van der Waals surface area contributed by atoms with Gasteiger partial charge >= 0.3 is 0 Å². The molecule has 16 heavy (non-hydrogen) atoms. The van der Waals surface area contributed by atoms with E-state index in [-0.39, 0.29) is 5.91 Å². The smallest absolute Gasteiger partial charge is 0.223 e. The second-order valence-electron chi connectivity index (χ2n) is 4.46. The highest BCUT2D eigenvalue weighted by Gasteiger charge is 2.21. The number of rotatable bonds is 8. The molecular formula is C13H26ClNO. The quantitative estimate of drug-likeness (QED) is 0.600. The van der Waals surface area contributed by atoms with E-state index in [9.17, 15) is 4.79 Å². The lowest BCUT2D eigenvalue weighted by Crippen LogP contribution is -2.41. The van der Waals surface area contributed by atoms with E-state index in [0.29, 0.717) is 30.8 Å². The van der Waals surface area contributed by atoms with Crippen molar-refractivity contribution in [2.24, 2.45) is 5.92 Å². The summed E-state index contributed by atoms with van der Waals surface area (Å²) in [7, 11) is 0. The van der Waals surface area contributed by atoms with Gasteiger partial charge in [0.15, 0.2) is 0 Å². The Balaban J connectivity index is 4.44. The summed E-state index contributed by atoms with van der Waals surface area (Å²) < 4.78 is 0. The van der Waals surface area contributed by atoms with Crippen LogP contribution in [0, 0.1) is 5.92 Å². The Hall–Kier alpha value is -0.240. The minimum Gasteiger partial charge on any atom is -0.339 e. The largest absolute Gasteiger partial charge is 0.339 e. The van der Waals surface area contributed by atoms with Gasteiger partial charge in [-0.2, -0.15) is 0 Å². The van der Waals surface area contributed by atoms with Crippen molar-refractivity contribution in [3.8, 4) is 0 Å². The molecule has 0 aromatic heterocycles. The first-order valence-electron chi connectivity index (χ1n) is 6.45. The second-order valence-corrected chi connectivity index (χ2v) is 4.84. The van der Waals surface area contributed by atoms with E-state index in [0.717, 1.165) is 19.3 Å². The van der Waals surface area contributed by atoms with Crippen LogP contribution in [0.15, 0.2) is 0 Å². The third-order valence-electron chi connectivity index (χ3n) is 3.25. The number of amides is 1. The molecule has 0 N–H and O–H groups in total. The van der Waals surface area contributed by atoms with Crippen LogP contribution in [-0.2, 0) is 4.79 Å². The van der Waals surface area contributed by atoms with Gasteiger partial charge in [-0.15, -0.1) is 11.6 Å². The van der Waals surface area contributed by atoms with E-state index in [1.54, 1.807) is 0 Å². The second kappa shape index (κ2) is 8.86. The molecule has 1 atom stereocenters. The Morgan fingerprint density at radius 3 is 2.12 bits per heavy atom. The average molecular weight is 248 g/mol. The molecule has 0 fully saturated rings. The summed E-state index contributed by atoms with van der Waals surface area (Å²) in [5.74, 6) is 1.27. The van der Waals surface area contributed by atoms with Gasteiger partial charge in [-0.05, 0) is 18.8 Å². The molecule has 96 valence electrons. The molecule has 0 aromatic carbocycles. The van der Waals surface area contributed by atoms with Crippen molar-refractivity contribution in [1.82, 2.24) is 4.90 Å². The number of carbonyl (C=O) groups excluding carboxylic acids is 1. The fourth-order valence-corrected chi connectivity index (χ4v) is 2.07. The minimum atomic E-state index is 0.267. The summed E-state index contributed by atoms with van der Waals surface area (Å²) >= 11 is 5.77. The maximum atomic E-state index is 12.1. The third kappa shape index (κ3) is 5.20. The van der Waals surface area contributed by atoms with Gasteiger partial charge in [0.25, 0.3) is 0 Å². The first kappa shape index (κ1) is 15.8. The molecule has 1 amide bonds. The zero-order valence-electron chi connectivity index (χ0n) is 11.1. The van der Waals surface area contributed by atoms with Crippen molar-refractivity contribution < 1.29 is 4.79 Å². The molecule has 0 rings (SSSR count). The van der Waals surface area contributed by atoms with Crippen molar-refractivity contribution in [2.45, 2.75) is 59.4 Å². The maximum Gasteiger partial charge on any atom is 0.223 e. The maximum absolute atomic E-state index is 12.1. The molecule has 0 spiro atoms. The van der Waals surface area contributed by atoms with Crippen LogP contribution in [-0.4, -0.2) is 29.3 Å². The fraction of sp³-hybridized carbons (Fsp3) is 0.923. The number of halogens is 1. The first-order chi connectivity index (χ1) is 7.60. The van der Waals surface area contributed by atoms with E-state index < -0.39 is 0 Å². The van der Waals surface area contributed by atoms with Crippen molar-refractivity contribution in [1.29, 1.82) is 0 Å². The number of hydrogen-bond donors (Lipinski definition) is 0. The van der Waals surface area contributed by atoms with E-state index in [1.165, 1.54) is 0 Å². The summed E-state index contributed by atoms with van der Waals surface area (Å²) in [6.45, 7) is 9.20. The normalized spacial score (nSPS) is 12.9. The standard InChI is InChI=1S/C13H26ClNO/c1-5-11(4)10-13(16)15(9-8-14)12(6-2)7-3/h11-12H,5-10H2,1-4H3. The van der Waals surface area contributed by atoms with Gasteiger partial charge < -0.3 is 4.90 Å². The molecule has 3 heteroatoms. The van der Waals surface area contributed by atoms with Crippen LogP contribution >= 0.6 is 11.6 Å². The van der Waals surface area contributed by atoms with Gasteiger partial charge in [0.1, 0.15) is 0 Å². The van der Waals surface area contributed by atoms with Gasteiger partial charge in [0, 0.05) is 24.9 Å². The van der Waals surface area contributed by atoms with Crippen molar-refractivity contribution >= 4 is 17.5 Å². The van der Waals surface area contributed by atoms with Crippen LogP contribution in [0.1, 0.15) is 53.4 Å². The fourth-order valence-electron chi connectivity index (χ4n) is 1.89. The molecule has 0 heterocycles. The van der Waals surface area contributed by atoms with Crippen LogP contribution < -0.4 is 0 Å². The molecule has 0 aromatic rings. The monoisotopic (exact) mass is 247 g/mol. The predicted molar refractivity (Wildman–Crippen MR) is 70.9 cm³/mol. The molecule has 0 saturated carbocycles. The molecule has 0 aliphatic heterocycles. The highest BCUT2D eigenvalue weighted by Crippen LogP contribution is 2.15. The zero-order valence-corrected chi connectivity index (χ0v) is 11.9. The average Bonchev–Trinajstić information content (AvgIpc) is 2.29. The van der Waals surface area contributed by atoms with Gasteiger partial charge in [0.05, 0.1) is 0 Å². The number of alkyl halides is 1. The minimum absolute atomic E-state index is 0.267. The van der Waals surface area contributed by atoms with E-state index in [4.69, 9.17) is 11.6 Å². The first-order valence-corrected chi connectivity index (χ1v) is 6.99. The number of carbonyl (C=O) groups is 1. The molecule has 2 nitrogen and oxygen atoms in total. The highest BCUT2D eigenvalue weighted by molar-refractivity contribution is 6.18. The summed E-state index contributed by atoms with van der Waals surface area (Å²) in [6.07, 6.45) is 3.74. The highest BCUT2D eigenvalue weighted by atomic mass is 35.5. The van der Waals surface area contributed by atoms with E-state index in [1.807, 2.05) is 4.90 Å². The number of hydrogen-bond acceptors (Lipinski definition) is 1. The lowest BCUT2D eigenvalue weighted by Gasteiger charge is -2.31. The van der Waals surface area contributed by atoms with Gasteiger partial charge in [-0.1, -0.05) is 34.1 Å². The lowest BCUT2D eigenvalue weighted by atomic mass is 10.0. The topological polar surface area (TPSA) is 20.3 Å². The Bertz CT molecular complexity index is 192. The summed E-state index contributed by atoms with van der Waals surface area (Å²) in [5.41, 5.74) is 0. The van der Waals surface area contributed by atoms with E-state index in [2.05, 4.69) is 27.7 Å². The molecule has 0 radical (unpaired) electrons. The molecule has 0 bridgehead atoms. The summed E-state index contributed by atoms with van der Waals surface area (Å²) in [6, 6.07) is 0.357. The van der Waals surface area contributed by atoms with Crippen molar-refractivity contribution in [3.05, 3.63) is 0 Å². The molecule has 0 aliphatic rings. The third-order valence-corrected chi connectivity index (χ3v) is 3.42. The van der Waals surface area contributed by atoms with Gasteiger partial charge in [-0.3, -0.25) is 4.79 Å². The summed E-state index contributed by atoms with van der Waals surface area (Å²) in [4.78, 5) is 14.1. The number of nitrogens with zero attached hydrogens (tertiary/aromatic N) is 1. The van der Waals surface area contributed by atoms with Crippen LogP contribution in [0.3, 0.4) is 0 Å². The Morgan fingerprint density at radius 1 is 1.19 bits per heavy atom. The van der Waals surface area contributed by atoms with Crippen molar-refractivity contribution in [3.63, 3.8) is 0 Å². The molecule has 0 saturated heterocycles. The van der Waals surface area contributed by atoms with Gasteiger partial charge in [0.2, 0.25) is 5.91 Å². The molecule has 0 aliphatic carbocycles. The molecule has 1 unspecified atom stereocenters. The van der Waals surface area contributed by atoms with Crippen LogP contribution in [0.5, 0.6) is 0 Å². The lowest BCUT2D eigenvalue weighted by molar-refractivity contribution is -0.134. The SMILES string of the molecule is CCC(C)CC(=O)N(CCCl)C(CC)CC. The van der Waals surface area contributed by atoms with Gasteiger partial charge in [-0.25, -0.2) is 0 Å². The van der Waals surface area contributed by atoms with Crippen LogP contribution in [0.25, 0.3) is 0 Å². The predicted octanol–water partition coefficient (Wildman–Crippen LogP) is 3.68. The van der Waals surface area contributed by atoms with E-state index >= 15 is 0 Å². The van der Waals surface area contributed by atoms with Crippen molar-refractivity contribution in [2.75, 3.05) is 12.4 Å². The summed E-state index contributed by atoms with van der Waals surface area (Å²) in [5, 5.41) is 0. The molecular weight excluding hydrogens is 222 g/mol. The Labute approximate surface area is 105 Å². The Morgan fingerprint density at radius 2 is 1.75 bits per heavy atom. The van der Waals surface area contributed by atoms with Crippen LogP contribution in [0.4, 0.5) is 0 Å². The zero-order chi connectivity index (χ0) is 12.6. The van der Waals surface area contributed by atoms with Crippen LogP contribution in [0.2, 0.25) is 0 Å².